The fourth-order valence-electron chi connectivity index (χ4n) is 3.89. The number of amides is 1. The molecule has 0 saturated carbocycles. The van der Waals surface area contributed by atoms with Crippen molar-refractivity contribution in [2.24, 2.45) is 0 Å². The molecular formula is C26H22F3N7O3. The Labute approximate surface area is 219 Å². The van der Waals surface area contributed by atoms with Gasteiger partial charge in [-0.15, -0.1) is 13.2 Å². The Kier molecular flexibility index (Phi) is 7.23. The van der Waals surface area contributed by atoms with E-state index >= 15 is 0 Å². The van der Waals surface area contributed by atoms with E-state index in [1.807, 2.05) is 37.3 Å². The molecule has 0 aliphatic rings. The van der Waals surface area contributed by atoms with Crippen LogP contribution < -0.4 is 15.4 Å². The molecule has 0 saturated heterocycles. The summed E-state index contributed by atoms with van der Waals surface area (Å²) in [6.45, 7) is 2.54. The Bertz CT molecular complexity index is 1580. The Balaban J connectivity index is 1.23. The van der Waals surface area contributed by atoms with Gasteiger partial charge in [-0.3, -0.25) is 14.9 Å². The Hall–Kier alpha value is -4.78. The number of hydrogen-bond acceptors (Lipinski definition) is 8. The lowest BCUT2D eigenvalue weighted by molar-refractivity contribution is -0.274. The van der Waals surface area contributed by atoms with Crippen molar-refractivity contribution in [1.82, 2.24) is 35.8 Å². The molecule has 200 valence electrons. The van der Waals surface area contributed by atoms with Gasteiger partial charge in [0, 0.05) is 30.9 Å². The van der Waals surface area contributed by atoms with Gasteiger partial charge in [0.25, 0.3) is 5.91 Å². The van der Waals surface area contributed by atoms with Gasteiger partial charge >= 0.3 is 6.36 Å². The van der Waals surface area contributed by atoms with E-state index in [1.54, 1.807) is 6.07 Å². The maximum atomic E-state index is 12.8. The summed E-state index contributed by atoms with van der Waals surface area (Å²) in [6, 6.07) is 16.1. The molecule has 0 bridgehead atoms. The van der Waals surface area contributed by atoms with Crippen molar-refractivity contribution in [1.29, 1.82) is 0 Å². The van der Waals surface area contributed by atoms with Crippen LogP contribution in [-0.4, -0.2) is 50.5 Å². The topological polar surface area (TPSA) is 131 Å². The predicted molar refractivity (Wildman–Crippen MR) is 134 cm³/mol. The highest BCUT2D eigenvalue weighted by Gasteiger charge is 2.31. The van der Waals surface area contributed by atoms with Crippen LogP contribution in [0.2, 0.25) is 0 Å². The zero-order valence-corrected chi connectivity index (χ0v) is 20.5. The van der Waals surface area contributed by atoms with E-state index in [0.717, 1.165) is 17.7 Å². The number of fused-ring (bicyclic) bond motifs is 1. The van der Waals surface area contributed by atoms with Crippen LogP contribution in [0.5, 0.6) is 5.75 Å². The minimum Gasteiger partial charge on any atom is -0.436 e. The molecule has 0 fully saturated rings. The number of carbonyl (C=O) groups excluding carboxylic acids is 1. The molecule has 0 aliphatic heterocycles. The summed E-state index contributed by atoms with van der Waals surface area (Å²) in [7, 11) is 0. The molecule has 3 aromatic heterocycles. The molecular weight excluding hydrogens is 515 g/mol. The fourth-order valence-corrected chi connectivity index (χ4v) is 3.89. The first kappa shape index (κ1) is 25.9. The molecule has 0 radical (unpaired) electrons. The number of rotatable bonds is 9. The Morgan fingerprint density at radius 3 is 2.64 bits per heavy atom. The van der Waals surface area contributed by atoms with E-state index < -0.39 is 18.0 Å². The lowest BCUT2D eigenvalue weighted by Gasteiger charge is -2.16. The van der Waals surface area contributed by atoms with Crippen molar-refractivity contribution < 1.29 is 27.1 Å². The number of nitrogens with zero attached hydrogens (tertiary/aromatic N) is 4. The van der Waals surface area contributed by atoms with Gasteiger partial charge in [0.1, 0.15) is 22.8 Å². The van der Waals surface area contributed by atoms with Crippen molar-refractivity contribution in [3.63, 3.8) is 0 Å². The van der Waals surface area contributed by atoms with Crippen LogP contribution in [0.15, 0.2) is 71.3 Å². The highest BCUT2D eigenvalue weighted by molar-refractivity contribution is 5.93. The number of hydrogen-bond donors (Lipinski definition) is 3. The van der Waals surface area contributed by atoms with Crippen molar-refractivity contribution in [2.75, 3.05) is 13.1 Å². The molecule has 5 aromatic rings. The van der Waals surface area contributed by atoms with Gasteiger partial charge in [-0.1, -0.05) is 30.3 Å². The summed E-state index contributed by atoms with van der Waals surface area (Å²) >= 11 is 0. The predicted octanol–water partition coefficient (Wildman–Crippen LogP) is 4.32. The SMILES string of the molecule is Cc1nc(C(NCCNC(=O)c2cc(-c3nc4cc(OC(F)(F)F)ccc4o3)ccn2)c2ccccc2)n[nH]1. The minimum atomic E-state index is -4.82. The standard InChI is InChI=1S/C26H22F3N7O3/c1-15-33-23(36-35-15)22(16-5-3-2-4-6-16)31-11-12-32-24(37)20-13-17(9-10-30-20)25-34-19-14-18(39-26(27,28)29)7-8-21(19)38-25/h2-10,13-14,22,31H,11-12H2,1H3,(H,32,37)(H,33,35,36). The van der Waals surface area contributed by atoms with Crippen molar-refractivity contribution in [3.05, 3.63) is 89.8 Å². The highest BCUT2D eigenvalue weighted by Crippen LogP contribution is 2.29. The molecule has 5 rings (SSSR count). The monoisotopic (exact) mass is 537 g/mol. The summed E-state index contributed by atoms with van der Waals surface area (Å²) in [5.41, 5.74) is 1.98. The molecule has 0 aliphatic carbocycles. The maximum absolute atomic E-state index is 12.8. The van der Waals surface area contributed by atoms with Crippen LogP contribution in [0, 0.1) is 6.92 Å². The third-order valence-electron chi connectivity index (χ3n) is 5.60. The van der Waals surface area contributed by atoms with Crippen molar-refractivity contribution in [2.45, 2.75) is 19.3 Å². The van der Waals surface area contributed by atoms with E-state index in [1.165, 1.54) is 18.3 Å². The van der Waals surface area contributed by atoms with Crippen molar-refractivity contribution in [3.8, 4) is 17.2 Å². The van der Waals surface area contributed by atoms with E-state index in [-0.39, 0.29) is 28.7 Å². The third-order valence-corrected chi connectivity index (χ3v) is 5.60. The zero-order valence-electron chi connectivity index (χ0n) is 20.5. The molecule has 0 spiro atoms. The maximum Gasteiger partial charge on any atom is 0.573 e. The van der Waals surface area contributed by atoms with Crippen LogP contribution in [0.3, 0.4) is 0 Å². The van der Waals surface area contributed by atoms with Crippen LogP contribution in [0.4, 0.5) is 13.2 Å². The zero-order chi connectivity index (χ0) is 27.4. The quantitative estimate of drug-likeness (QED) is 0.237. The smallest absolute Gasteiger partial charge is 0.436 e. The summed E-state index contributed by atoms with van der Waals surface area (Å²) in [4.78, 5) is 25.5. The largest absolute Gasteiger partial charge is 0.573 e. The summed E-state index contributed by atoms with van der Waals surface area (Å²) in [5, 5.41) is 13.3. The molecule has 1 amide bonds. The second kappa shape index (κ2) is 10.9. The first-order chi connectivity index (χ1) is 18.7. The first-order valence-corrected chi connectivity index (χ1v) is 11.8. The fraction of sp³-hybridized carbons (Fsp3) is 0.192. The van der Waals surface area contributed by atoms with Crippen LogP contribution in [0.25, 0.3) is 22.6 Å². The second-order valence-corrected chi connectivity index (χ2v) is 8.46. The average Bonchev–Trinajstić information content (AvgIpc) is 3.54. The third kappa shape index (κ3) is 6.38. The molecule has 1 unspecified atom stereocenters. The van der Waals surface area contributed by atoms with Gasteiger partial charge in [0.2, 0.25) is 5.89 Å². The molecule has 13 heteroatoms. The number of carbonyl (C=O) groups is 1. The number of halogens is 3. The minimum absolute atomic E-state index is 0.125. The summed E-state index contributed by atoms with van der Waals surface area (Å²) in [6.07, 6.45) is -3.40. The van der Waals surface area contributed by atoms with Gasteiger partial charge in [-0.2, -0.15) is 5.10 Å². The number of ether oxygens (including phenoxy) is 1. The number of aryl methyl sites for hydroxylation is 1. The summed E-state index contributed by atoms with van der Waals surface area (Å²) in [5.74, 6) is 0.585. The van der Waals surface area contributed by atoms with Crippen LogP contribution in [0.1, 0.15) is 33.7 Å². The average molecular weight is 538 g/mol. The lowest BCUT2D eigenvalue weighted by atomic mass is 10.1. The number of benzene rings is 2. The molecule has 1 atom stereocenters. The van der Waals surface area contributed by atoms with E-state index in [0.29, 0.717) is 30.3 Å². The van der Waals surface area contributed by atoms with Gasteiger partial charge in [0.05, 0.1) is 6.04 Å². The lowest BCUT2D eigenvalue weighted by Crippen LogP contribution is -2.34. The first-order valence-electron chi connectivity index (χ1n) is 11.8. The van der Waals surface area contributed by atoms with Gasteiger partial charge < -0.3 is 19.8 Å². The van der Waals surface area contributed by atoms with Gasteiger partial charge in [-0.05, 0) is 36.8 Å². The Morgan fingerprint density at radius 1 is 1.08 bits per heavy atom. The Morgan fingerprint density at radius 2 is 1.90 bits per heavy atom. The van der Waals surface area contributed by atoms with Crippen LogP contribution >= 0.6 is 0 Å². The number of oxazole rings is 1. The molecule has 3 heterocycles. The van der Waals surface area contributed by atoms with Crippen molar-refractivity contribution >= 4 is 17.0 Å². The number of H-pyrrole nitrogens is 1. The number of aromatic amines is 1. The second-order valence-electron chi connectivity index (χ2n) is 8.46. The number of alkyl halides is 3. The summed E-state index contributed by atoms with van der Waals surface area (Å²) < 4.78 is 47.1. The molecule has 3 N–H and O–H groups in total. The normalized spacial score (nSPS) is 12.4. The highest BCUT2D eigenvalue weighted by atomic mass is 19.4. The van der Waals surface area contributed by atoms with E-state index in [9.17, 15) is 18.0 Å². The number of nitrogens with one attached hydrogen (secondary N) is 3. The molecule has 10 nitrogen and oxygen atoms in total. The van der Waals surface area contributed by atoms with Gasteiger partial charge in [0.15, 0.2) is 11.4 Å². The van der Waals surface area contributed by atoms with Crippen LogP contribution in [-0.2, 0) is 0 Å². The van der Waals surface area contributed by atoms with Gasteiger partial charge in [-0.25, -0.2) is 9.97 Å². The van der Waals surface area contributed by atoms with E-state index in [2.05, 4.69) is 40.5 Å². The molecule has 39 heavy (non-hydrogen) atoms. The number of aromatic nitrogens is 5. The molecule has 2 aromatic carbocycles. The number of pyridine rings is 1. The van der Waals surface area contributed by atoms with E-state index in [4.69, 9.17) is 4.42 Å².